The molecule has 9 heteroatoms. The fourth-order valence-electron chi connectivity index (χ4n) is 3.93. The van der Waals surface area contributed by atoms with E-state index < -0.39 is 28.7 Å². The summed E-state index contributed by atoms with van der Waals surface area (Å²) in [6.45, 7) is 3.28. The number of hydrogen-bond acceptors (Lipinski definition) is 8. The SMILES string of the molecule is CCOC(=O)C1=C(C=CC(=O)c2ccccc2)N=C(C)C(C(=O)OC)C1c1cccc([N+](=O)[O-])c1. The van der Waals surface area contributed by atoms with Gasteiger partial charge in [0, 0.05) is 29.3 Å². The number of hydrogen-bond donors (Lipinski definition) is 0. The Morgan fingerprint density at radius 1 is 1.11 bits per heavy atom. The maximum Gasteiger partial charge on any atom is 0.336 e. The van der Waals surface area contributed by atoms with Gasteiger partial charge in [-0.25, -0.2) is 4.79 Å². The molecule has 2 aromatic rings. The number of non-ortho nitro benzene ring substituents is 1. The summed E-state index contributed by atoms with van der Waals surface area (Å²) in [5, 5.41) is 11.4. The van der Waals surface area contributed by atoms with Crippen LogP contribution >= 0.6 is 0 Å². The molecule has 1 aliphatic heterocycles. The fraction of sp³-hybridized carbons (Fsp3) is 0.231. The molecule has 180 valence electrons. The number of allylic oxidation sites excluding steroid dienone is 2. The van der Waals surface area contributed by atoms with E-state index in [9.17, 15) is 24.5 Å². The van der Waals surface area contributed by atoms with Crippen LogP contribution in [0, 0.1) is 16.0 Å². The minimum absolute atomic E-state index is 0.00506. The van der Waals surface area contributed by atoms with Gasteiger partial charge in [-0.15, -0.1) is 0 Å². The zero-order chi connectivity index (χ0) is 25.5. The molecule has 35 heavy (non-hydrogen) atoms. The molecule has 0 spiro atoms. The van der Waals surface area contributed by atoms with Crippen LogP contribution in [0.5, 0.6) is 0 Å². The van der Waals surface area contributed by atoms with E-state index in [0.29, 0.717) is 16.8 Å². The van der Waals surface area contributed by atoms with Crippen molar-refractivity contribution in [3.8, 4) is 0 Å². The van der Waals surface area contributed by atoms with Gasteiger partial charge in [0.2, 0.25) is 0 Å². The lowest BCUT2D eigenvalue weighted by Crippen LogP contribution is -2.36. The number of esters is 2. The zero-order valence-corrected chi connectivity index (χ0v) is 19.5. The van der Waals surface area contributed by atoms with Gasteiger partial charge < -0.3 is 9.47 Å². The lowest BCUT2D eigenvalue weighted by atomic mass is 9.75. The highest BCUT2D eigenvalue weighted by molar-refractivity contribution is 6.08. The van der Waals surface area contributed by atoms with Crippen LogP contribution in [0.1, 0.15) is 35.7 Å². The van der Waals surface area contributed by atoms with Crippen molar-refractivity contribution in [1.82, 2.24) is 0 Å². The first-order chi connectivity index (χ1) is 16.8. The van der Waals surface area contributed by atoms with Crippen LogP contribution in [0.15, 0.2) is 83.0 Å². The number of ketones is 1. The smallest absolute Gasteiger partial charge is 0.336 e. The van der Waals surface area contributed by atoms with Gasteiger partial charge >= 0.3 is 11.9 Å². The number of carbonyl (C=O) groups excluding carboxylic acids is 3. The Labute approximate surface area is 201 Å². The normalized spacial score (nSPS) is 17.6. The quantitative estimate of drug-likeness (QED) is 0.184. The molecule has 0 aliphatic carbocycles. The summed E-state index contributed by atoms with van der Waals surface area (Å²) in [4.78, 5) is 53.8. The fourth-order valence-corrected chi connectivity index (χ4v) is 3.93. The Kier molecular flexibility index (Phi) is 8.04. The summed E-state index contributed by atoms with van der Waals surface area (Å²) in [5.74, 6) is -3.72. The van der Waals surface area contributed by atoms with E-state index >= 15 is 0 Å². The molecule has 3 rings (SSSR count). The summed E-state index contributed by atoms with van der Waals surface area (Å²) in [6.07, 6.45) is 2.67. The topological polar surface area (TPSA) is 125 Å². The number of nitro groups is 1. The first-order valence-corrected chi connectivity index (χ1v) is 10.8. The number of rotatable bonds is 8. The maximum absolute atomic E-state index is 13.1. The van der Waals surface area contributed by atoms with E-state index in [1.165, 1.54) is 37.5 Å². The Bertz CT molecular complexity index is 1250. The third-order valence-corrected chi connectivity index (χ3v) is 5.51. The van der Waals surface area contributed by atoms with Crippen LogP contribution in [-0.2, 0) is 19.1 Å². The Hall–Kier alpha value is -4.40. The number of nitrogens with zero attached hydrogens (tertiary/aromatic N) is 2. The van der Waals surface area contributed by atoms with E-state index in [4.69, 9.17) is 9.47 Å². The van der Waals surface area contributed by atoms with Crippen LogP contribution in [0.2, 0.25) is 0 Å². The molecular weight excluding hydrogens is 452 g/mol. The van der Waals surface area contributed by atoms with Crippen molar-refractivity contribution >= 4 is 29.1 Å². The summed E-state index contributed by atoms with van der Waals surface area (Å²) in [6, 6.07) is 14.2. The van der Waals surface area contributed by atoms with E-state index in [1.807, 2.05) is 0 Å². The molecule has 1 heterocycles. The Morgan fingerprint density at radius 2 is 1.83 bits per heavy atom. The third-order valence-electron chi connectivity index (χ3n) is 5.51. The Balaban J connectivity index is 2.21. The molecule has 2 unspecified atom stereocenters. The molecule has 2 aromatic carbocycles. The minimum Gasteiger partial charge on any atom is -0.468 e. The molecule has 9 nitrogen and oxygen atoms in total. The van der Waals surface area contributed by atoms with Gasteiger partial charge in [0.15, 0.2) is 5.78 Å². The van der Waals surface area contributed by atoms with Gasteiger partial charge in [0.05, 0.1) is 29.9 Å². The molecule has 2 atom stereocenters. The first-order valence-electron chi connectivity index (χ1n) is 10.8. The van der Waals surface area contributed by atoms with Gasteiger partial charge in [-0.3, -0.25) is 24.7 Å². The molecule has 0 aromatic heterocycles. The predicted molar refractivity (Wildman–Crippen MR) is 128 cm³/mol. The van der Waals surface area contributed by atoms with Crippen LogP contribution < -0.4 is 0 Å². The molecular formula is C26H24N2O7. The van der Waals surface area contributed by atoms with E-state index in [-0.39, 0.29) is 29.3 Å². The van der Waals surface area contributed by atoms with Crippen LogP contribution in [0.3, 0.4) is 0 Å². The van der Waals surface area contributed by atoms with Crippen LogP contribution in [0.4, 0.5) is 5.69 Å². The van der Waals surface area contributed by atoms with Gasteiger partial charge in [-0.1, -0.05) is 42.5 Å². The van der Waals surface area contributed by atoms with Crippen molar-refractivity contribution < 1.29 is 28.8 Å². The lowest BCUT2D eigenvalue weighted by Gasteiger charge is -2.31. The van der Waals surface area contributed by atoms with Gasteiger partial charge in [-0.05, 0) is 31.6 Å². The first kappa shape index (κ1) is 25.2. The molecule has 0 amide bonds. The van der Waals surface area contributed by atoms with Crippen molar-refractivity contribution in [2.75, 3.05) is 13.7 Å². The van der Waals surface area contributed by atoms with E-state index in [2.05, 4.69) is 4.99 Å². The second kappa shape index (κ2) is 11.1. The highest BCUT2D eigenvalue weighted by atomic mass is 16.6. The second-order valence-electron chi connectivity index (χ2n) is 7.67. The van der Waals surface area contributed by atoms with Crippen LogP contribution in [0.25, 0.3) is 0 Å². The predicted octanol–water partition coefficient (Wildman–Crippen LogP) is 4.20. The highest BCUT2D eigenvalue weighted by Crippen LogP contribution is 2.41. The number of ether oxygens (including phenoxy) is 2. The summed E-state index contributed by atoms with van der Waals surface area (Å²) >= 11 is 0. The second-order valence-corrected chi connectivity index (χ2v) is 7.67. The molecule has 0 bridgehead atoms. The number of methoxy groups -OCH3 is 1. The minimum atomic E-state index is -1.02. The van der Waals surface area contributed by atoms with Crippen molar-refractivity contribution in [1.29, 1.82) is 0 Å². The lowest BCUT2D eigenvalue weighted by molar-refractivity contribution is -0.384. The van der Waals surface area contributed by atoms with Gasteiger partial charge in [0.25, 0.3) is 5.69 Å². The van der Waals surface area contributed by atoms with E-state index in [0.717, 1.165) is 0 Å². The summed E-state index contributed by atoms with van der Waals surface area (Å²) < 4.78 is 10.2. The molecule has 0 saturated carbocycles. The van der Waals surface area contributed by atoms with Crippen molar-refractivity contribution in [3.63, 3.8) is 0 Å². The van der Waals surface area contributed by atoms with Crippen molar-refractivity contribution in [2.24, 2.45) is 10.9 Å². The average Bonchev–Trinajstić information content (AvgIpc) is 2.86. The summed E-state index contributed by atoms with van der Waals surface area (Å²) in [7, 11) is 1.21. The molecule has 0 radical (unpaired) electrons. The molecule has 0 N–H and O–H groups in total. The van der Waals surface area contributed by atoms with Gasteiger partial charge in [0.1, 0.15) is 5.92 Å². The van der Waals surface area contributed by atoms with Gasteiger partial charge in [-0.2, -0.15) is 0 Å². The van der Waals surface area contributed by atoms with E-state index in [1.54, 1.807) is 50.2 Å². The molecule has 0 saturated heterocycles. The highest BCUT2D eigenvalue weighted by Gasteiger charge is 2.43. The third kappa shape index (κ3) is 5.57. The number of nitro benzene ring substituents is 1. The van der Waals surface area contributed by atoms with Crippen LogP contribution in [-0.4, -0.2) is 42.1 Å². The Morgan fingerprint density at radius 3 is 2.46 bits per heavy atom. The maximum atomic E-state index is 13.1. The van der Waals surface area contributed by atoms with Crippen molar-refractivity contribution in [3.05, 3.63) is 99.3 Å². The molecule has 1 aliphatic rings. The standard InChI is InChI=1S/C26H24N2O7/c1-4-35-26(31)24-20(13-14-21(29)17-9-6-5-7-10-17)27-16(2)22(25(30)34-3)23(24)18-11-8-12-19(15-18)28(32)33/h5-15,22-23H,4H2,1-3H3. The largest absolute Gasteiger partial charge is 0.468 e. The van der Waals surface area contributed by atoms with Crippen molar-refractivity contribution in [2.45, 2.75) is 19.8 Å². The number of aliphatic imine (C=N–C) groups is 1. The average molecular weight is 476 g/mol. The zero-order valence-electron chi connectivity index (χ0n) is 19.5. The number of benzene rings is 2. The summed E-state index contributed by atoms with van der Waals surface area (Å²) in [5.41, 5.74) is 1.04. The molecule has 0 fully saturated rings. The monoisotopic (exact) mass is 476 g/mol. The number of carbonyl (C=O) groups is 3.